The Balaban J connectivity index is 1.63. The number of hydrogen-bond donors (Lipinski definition) is 1. The zero-order chi connectivity index (χ0) is 15.2. The summed E-state index contributed by atoms with van der Waals surface area (Å²) in [6, 6.07) is 8.10. The zero-order valence-corrected chi connectivity index (χ0v) is 12.6. The minimum Gasteiger partial charge on any atom is -0.302 e. The van der Waals surface area contributed by atoms with Gasteiger partial charge in [0.15, 0.2) is 0 Å². The molecule has 3 heterocycles. The molecule has 0 aromatic carbocycles. The Bertz CT molecular complexity index is 693. The first-order chi connectivity index (χ1) is 10.8. The predicted octanol–water partition coefficient (Wildman–Crippen LogP) is 2.54. The lowest BCUT2D eigenvalue weighted by Crippen LogP contribution is -2.20. The van der Waals surface area contributed by atoms with Gasteiger partial charge in [0.1, 0.15) is 0 Å². The maximum absolute atomic E-state index is 4.18. The molecule has 3 rings (SSSR count). The van der Waals surface area contributed by atoms with Crippen LogP contribution in [0.1, 0.15) is 11.1 Å². The first-order valence-corrected chi connectivity index (χ1v) is 7.33. The molecule has 0 aliphatic carbocycles. The number of nitrogens with zero attached hydrogens (tertiary/aromatic N) is 4. The van der Waals surface area contributed by atoms with E-state index in [1.165, 1.54) is 11.1 Å². The number of rotatable bonds is 6. The highest BCUT2D eigenvalue weighted by Crippen LogP contribution is 2.20. The third kappa shape index (κ3) is 3.56. The maximum atomic E-state index is 4.18. The molecule has 5 nitrogen and oxygen atoms in total. The molecule has 0 atom stereocenters. The van der Waals surface area contributed by atoms with E-state index >= 15 is 0 Å². The van der Waals surface area contributed by atoms with Gasteiger partial charge >= 0.3 is 0 Å². The molecule has 1 N–H and O–H groups in total. The van der Waals surface area contributed by atoms with Crippen LogP contribution in [-0.2, 0) is 13.0 Å². The van der Waals surface area contributed by atoms with Crippen LogP contribution < -0.4 is 0 Å². The predicted molar refractivity (Wildman–Crippen MR) is 86.1 cm³/mol. The minimum atomic E-state index is 0.853. The first-order valence-electron chi connectivity index (χ1n) is 7.33. The van der Waals surface area contributed by atoms with Crippen LogP contribution in [0.2, 0.25) is 0 Å². The van der Waals surface area contributed by atoms with Gasteiger partial charge in [0.25, 0.3) is 0 Å². The van der Waals surface area contributed by atoms with Gasteiger partial charge in [0.05, 0.1) is 11.9 Å². The van der Waals surface area contributed by atoms with Crippen LogP contribution in [0.5, 0.6) is 0 Å². The quantitative estimate of drug-likeness (QED) is 0.759. The van der Waals surface area contributed by atoms with E-state index in [9.17, 15) is 0 Å². The second-order valence-corrected chi connectivity index (χ2v) is 5.36. The van der Waals surface area contributed by atoms with E-state index in [0.29, 0.717) is 0 Å². The summed E-state index contributed by atoms with van der Waals surface area (Å²) >= 11 is 0. The molecular weight excluding hydrogens is 274 g/mol. The SMILES string of the molecule is CN(CCc1ccncc1)Cc1cn[nH]c1-c1cccnc1. The zero-order valence-electron chi connectivity index (χ0n) is 12.6. The third-order valence-corrected chi connectivity index (χ3v) is 3.64. The van der Waals surface area contributed by atoms with Gasteiger partial charge in [-0.05, 0) is 43.3 Å². The molecule has 5 heteroatoms. The van der Waals surface area contributed by atoms with Crippen molar-refractivity contribution in [1.82, 2.24) is 25.1 Å². The Labute approximate surface area is 130 Å². The topological polar surface area (TPSA) is 57.7 Å². The van der Waals surface area contributed by atoms with E-state index in [4.69, 9.17) is 0 Å². The number of aromatic nitrogens is 4. The molecule has 0 fully saturated rings. The Kier molecular flexibility index (Phi) is 4.56. The lowest BCUT2D eigenvalue weighted by molar-refractivity contribution is 0.331. The highest BCUT2D eigenvalue weighted by molar-refractivity contribution is 5.61. The number of likely N-dealkylation sites (N-methyl/N-ethyl adjacent to an activating group) is 1. The van der Waals surface area contributed by atoms with Gasteiger partial charge in [-0.1, -0.05) is 0 Å². The van der Waals surface area contributed by atoms with E-state index in [1.54, 1.807) is 6.20 Å². The van der Waals surface area contributed by atoms with E-state index in [-0.39, 0.29) is 0 Å². The van der Waals surface area contributed by atoms with Crippen molar-refractivity contribution in [1.29, 1.82) is 0 Å². The minimum absolute atomic E-state index is 0.853. The van der Waals surface area contributed by atoms with Crippen molar-refractivity contribution in [2.75, 3.05) is 13.6 Å². The molecule has 0 amide bonds. The summed E-state index contributed by atoms with van der Waals surface area (Å²) in [5.74, 6) is 0. The molecule has 112 valence electrons. The smallest absolute Gasteiger partial charge is 0.0710 e. The molecule has 0 radical (unpaired) electrons. The van der Waals surface area contributed by atoms with E-state index in [0.717, 1.165) is 30.8 Å². The van der Waals surface area contributed by atoms with Gasteiger partial charge in [-0.15, -0.1) is 0 Å². The highest BCUT2D eigenvalue weighted by Gasteiger charge is 2.10. The fraction of sp³-hybridized carbons (Fsp3) is 0.235. The molecule has 22 heavy (non-hydrogen) atoms. The average Bonchev–Trinajstić information content (AvgIpc) is 3.03. The summed E-state index contributed by atoms with van der Waals surface area (Å²) in [5.41, 5.74) is 4.60. The molecule has 0 aliphatic rings. The normalized spacial score (nSPS) is 11.0. The Morgan fingerprint density at radius 2 is 1.91 bits per heavy atom. The fourth-order valence-corrected chi connectivity index (χ4v) is 2.43. The standard InChI is InChI=1S/C17H19N5/c1-22(10-6-14-4-8-18-9-5-14)13-16-12-20-21-17(16)15-3-2-7-19-11-15/h2-5,7-9,11-12H,6,10,13H2,1H3,(H,20,21). The van der Waals surface area contributed by atoms with Crippen LogP contribution in [0.4, 0.5) is 0 Å². The fourth-order valence-electron chi connectivity index (χ4n) is 2.43. The van der Waals surface area contributed by atoms with Gasteiger partial charge in [-0.25, -0.2) is 0 Å². The Hall–Kier alpha value is -2.53. The molecule has 0 spiro atoms. The van der Waals surface area contributed by atoms with E-state index < -0.39 is 0 Å². The van der Waals surface area contributed by atoms with Crippen LogP contribution in [0.3, 0.4) is 0 Å². The molecule has 3 aromatic rings. The highest BCUT2D eigenvalue weighted by atomic mass is 15.1. The molecule has 0 unspecified atom stereocenters. The van der Waals surface area contributed by atoms with Crippen molar-refractivity contribution in [2.45, 2.75) is 13.0 Å². The Morgan fingerprint density at radius 3 is 2.68 bits per heavy atom. The van der Waals surface area contributed by atoms with Crippen molar-refractivity contribution in [2.24, 2.45) is 0 Å². The molecule has 0 bridgehead atoms. The Morgan fingerprint density at radius 1 is 1.05 bits per heavy atom. The summed E-state index contributed by atoms with van der Waals surface area (Å²) in [4.78, 5) is 10.5. The van der Waals surface area contributed by atoms with Gasteiger partial charge in [0, 0.05) is 49.0 Å². The van der Waals surface area contributed by atoms with Crippen LogP contribution in [0, 0.1) is 0 Å². The van der Waals surface area contributed by atoms with Crippen molar-refractivity contribution < 1.29 is 0 Å². The number of nitrogens with one attached hydrogen (secondary N) is 1. The molecule has 0 saturated carbocycles. The van der Waals surface area contributed by atoms with E-state index in [1.807, 2.05) is 36.9 Å². The van der Waals surface area contributed by atoms with Crippen LogP contribution in [-0.4, -0.2) is 38.7 Å². The maximum Gasteiger partial charge on any atom is 0.0710 e. The average molecular weight is 293 g/mol. The number of aromatic amines is 1. The molecular formula is C17H19N5. The van der Waals surface area contributed by atoms with Crippen molar-refractivity contribution >= 4 is 0 Å². The number of pyridine rings is 2. The summed E-state index contributed by atoms with van der Waals surface area (Å²) in [6.45, 7) is 1.84. The summed E-state index contributed by atoms with van der Waals surface area (Å²) < 4.78 is 0. The van der Waals surface area contributed by atoms with Gasteiger partial charge < -0.3 is 4.90 Å². The lowest BCUT2D eigenvalue weighted by atomic mass is 10.1. The largest absolute Gasteiger partial charge is 0.302 e. The monoisotopic (exact) mass is 293 g/mol. The van der Waals surface area contributed by atoms with Crippen LogP contribution in [0.15, 0.2) is 55.2 Å². The van der Waals surface area contributed by atoms with Crippen molar-refractivity contribution in [3.63, 3.8) is 0 Å². The van der Waals surface area contributed by atoms with Gasteiger partial charge in [0.2, 0.25) is 0 Å². The number of hydrogen-bond acceptors (Lipinski definition) is 4. The van der Waals surface area contributed by atoms with Gasteiger partial charge in [-0.3, -0.25) is 15.1 Å². The number of H-pyrrole nitrogens is 1. The molecule has 3 aromatic heterocycles. The summed E-state index contributed by atoms with van der Waals surface area (Å²) in [6.07, 6.45) is 10.2. The van der Waals surface area contributed by atoms with Gasteiger partial charge in [-0.2, -0.15) is 5.10 Å². The summed E-state index contributed by atoms with van der Waals surface area (Å²) in [5, 5.41) is 7.26. The van der Waals surface area contributed by atoms with Crippen LogP contribution in [0.25, 0.3) is 11.3 Å². The molecule has 0 aliphatic heterocycles. The van der Waals surface area contributed by atoms with Crippen LogP contribution >= 0.6 is 0 Å². The van der Waals surface area contributed by atoms with Crippen molar-refractivity contribution in [3.8, 4) is 11.3 Å². The second-order valence-electron chi connectivity index (χ2n) is 5.36. The summed E-state index contributed by atoms with van der Waals surface area (Å²) in [7, 11) is 2.13. The first kappa shape index (κ1) is 14.4. The van der Waals surface area contributed by atoms with Crippen molar-refractivity contribution in [3.05, 3.63) is 66.4 Å². The second kappa shape index (κ2) is 6.95. The lowest BCUT2D eigenvalue weighted by Gasteiger charge is -2.16. The van der Waals surface area contributed by atoms with E-state index in [2.05, 4.69) is 44.2 Å². The molecule has 0 saturated heterocycles. The third-order valence-electron chi connectivity index (χ3n) is 3.64.